The second-order valence-electron chi connectivity index (χ2n) is 4.60. The van der Waals surface area contributed by atoms with Crippen molar-refractivity contribution in [2.24, 2.45) is 5.73 Å². The van der Waals surface area contributed by atoms with Gasteiger partial charge >= 0.3 is 0 Å². The zero-order chi connectivity index (χ0) is 9.53. The minimum atomic E-state index is -0.502. The van der Waals surface area contributed by atoms with Crippen LogP contribution in [0.25, 0.3) is 0 Å². The van der Waals surface area contributed by atoms with Gasteiger partial charge in [0.1, 0.15) is 0 Å². The molecule has 0 aromatic carbocycles. The third-order valence-corrected chi connectivity index (χ3v) is 3.61. The van der Waals surface area contributed by atoms with Gasteiger partial charge in [0, 0.05) is 5.54 Å². The van der Waals surface area contributed by atoms with E-state index in [-0.39, 0.29) is 11.4 Å². The highest BCUT2D eigenvalue weighted by molar-refractivity contribution is 5.89. The van der Waals surface area contributed by atoms with Crippen molar-refractivity contribution in [3.05, 3.63) is 0 Å². The Morgan fingerprint density at radius 2 is 2.00 bits per heavy atom. The topological polar surface area (TPSA) is 55.1 Å². The van der Waals surface area contributed by atoms with E-state index in [9.17, 15) is 4.79 Å². The number of amides is 1. The molecule has 0 radical (unpaired) electrons. The summed E-state index contributed by atoms with van der Waals surface area (Å²) >= 11 is 0. The number of hydrogen-bond donors (Lipinski definition) is 2. The molecule has 74 valence electrons. The Bertz CT molecular complexity index is 224. The molecule has 2 fully saturated rings. The van der Waals surface area contributed by atoms with Crippen LogP contribution in [0, 0.1) is 0 Å². The lowest BCUT2D eigenvalue weighted by molar-refractivity contribution is -0.126. The Balaban J connectivity index is 1.92. The number of nitrogens with two attached hydrogens (primary N) is 1. The molecule has 2 aliphatic carbocycles. The molecule has 1 amide bonds. The van der Waals surface area contributed by atoms with Crippen LogP contribution >= 0.6 is 0 Å². The third kappa shape index (κ3) is 1.46. The molecule has 13 heavy (non-hydrogen) atoms. The van der Waals surface area contributed by atoms with E-state index in [0.29, 0.717) is 0 Å². The molecule has 0 bridgehead atoms. The molecule has 3 heteroatoms. The minimum absolute atomic E-state index is 0.0778. The van der Waals surface area contributed by atoms with Crippen LogP contribution in [0.3, 0.4) is 0 Å². The summed E-state index contributed by atoms with van der Waals surface area (Å²) < 4.78 is 0. The van der Waals surface area contributed by atoms with Gasteiger partial charge in [-0.05, 0) is 38.5 Å². The van der Waals surface area contributed by atoms with Gasteiger partial charge in [0.25, 0.3) is 0 Å². The molecule has 0 aliphatic heterocycles. The van der Waals surface area contributed by atoms with Crippen molar-refractivity contribution in [3.63, 3.8) is 0 Å². The smallest absolute Gasteiger partial charge is 0.240 e. The molecule has 0 spiro atoms. The summed E-state index contributed by atoms with van der Waals surface area (Å²) in [4.78, 5) is 11.7. The quantitative estimate of drug-likeness (QED) is 0.682. The lowest BCUT2D eigenvalue weighted by Crippen LogP contribution is -2.57. The van der Waals surface area contributed by atoms with Gasteiger partial charge in [-0.2, -0.15) is 0 Å². The predicted octanol–water partition coefficient (Wildman–Crippen LogP) is 0.927. The highest BCUT2D eigenvalue weighted by Gasteiger charge is 2.49. The minimum Gasteiger partial charge on any atom is -0.349 e. The summed E-state index contributed by atoms with van der Waals surface area (Å²) in [6.07, 6.45) is 6.26. The first-order valence-corrected chi connectivity index (χ1v) is 5.22. The number of rotatable bonds is 3. The molecule has 0 unspecified atom stereocenters. The van der Waals surface area contributed by atoms with Gasteiger partial charge in [0.15, 0.2) is 0 Å². The fourth-order valence-corrected chi connectivity index (χ4v) is 1.90. The van der Waals surface area contributed by atoms with Crippen molar-refractivity contribution < 1.29 is 4.79 Å². The van der Waals surface area contributed by atoms with Crippen molar-refractivity contribution in [3.8, 4) is 0 Å². The van der Waals surface area contributed by atoms with Gasteiger partial charge in [0.05, 0.1) is 5.54 Å². The molecule has 0 saturated heterocycles. The number of nitrogens with one attached hydrogen (secondary N) is 1. The second kappa shape index (κ2) is 2.71. The maximum atomic E-state index is 11.7. The van der Waals surface area contributed by atoms with Crippen LogP contribution in [-0.4, -0.2) is 17.0 Å². The molecule has 2 aliphatic rings. The van der Waals surface area contributed by atoms with Gasteiger partial charge in [-0.15, -0.1) is 0 Å². The van der Waals surface area contributed by atoms with Gasteiger partial charge in [-0.25, -0.2) is 0 Å². The summed E-state index contributed by atoms with van der Waals surface area (Å²) in [6.45, 7) is 2.13. The molecule has 2 saturated carbocycles. The molecule has 0 atom stereocenters. The third-order valence-electron chi connectivity index (χ3n) is 3.61. The Morgan fingerprint density at radius 1 is 1.38 bits per heavy atom. The average Bonchev–Trinajstić information content (AvgIpc) is 2.77. The number of carbonyl (C=O) groups excluding carboxylic acids is 1. The molecule has 0 heterocycles. The number of carbonyl (C=O) groups is 1. The van der Waals surface area contributed by atoms with Crippen molar-refractivity contribution in [1.29, 1.82) is 0 Å². The normalized spacial score (nSPS) is 27.5. The van der Waals surface area contributed by atoms with E-state index in [1.54, 1.807) is 0 Å². The first-order chi connectivity index (χ1) is 6.10. The maximum absolute atomic E-state index is 11.7. The number of hydrogen-bond acceptors (Lipinski definition) is 2. The van der Waals surface area contributed by atoms with E-state index in [4.69, 9.17) is 5.73 Å². The molecule has 3 nitrogen and oxygen atoms in total. The van der Waals surface area contributed by atoms with E-state index in [1.165, 1.54) is 6.42 Å². The molecule has 3 N–H and O–H groups in total. The van der Waals surface area contributed by atoms with E-state index in [1.807, 2.05) is 0 Å². The molecular weight excluding hydrogens is 164 g/mol. The Labute approximate surface area is 79.1 Å². The Morgan fingerprint density at radius 3 is 2.31 bits per heavy atom. The van der Waals surface area contributed by atoms with Crippen LogP contribution in [0.5, 0.6) is 0 Å². The zero-order valence-corrected chi connectivity index (χ0v) is 8.23. The first-order valence-electron chi connectivity index (χ1n) is 5.22. The van der Waals surface area contributed by atoms with E-state index in [2.05, 4.69) is 12.2 Å². The molecule has 0 aromatic heterocycles. The van der Waals surface area contributed by atoms with Gasteiger partial charge < -0.3 is 11.1 Å². The van der Waals surface area contributed by atoms with Crippen molar-refractivity contribution in [1.82, 2.24) is 5.32 Å². The second-order valence-corrected chi connectivity index (χ2v) is 4.60. The van der Waals surface area contributed by atoms with Gasteiger partial charge in [0.2, 0.25) is 5.91 Å². The van der Waals surface area contributed by atoms with Crippen LogP contribution < -0.4 is 11.1 Å². The van der Waals surface area contributed by atoms with E-state index in [0.717, 1.165) is 32.1 Å². The summed E-state index contributed by atoms with van der Waals surface area (Å²) in [5.41, 5.74) is 5.42. The first kappa shape index (κ1) is 9.00. The van der Waals surface area contributed by atoms with Crippen molar-refractivity contribution >= 4 is 5.91 Å². The fourth-order valence-electron chi connectivity index (χ4n) is 1.90. The van der Waals surface area contributed by atoms with Crippen LogP contribution in [0.1, 0.15) is 45.4 Å². The zero-order valence-electron chi connectivity index (χ0n) is 8.23. The largest absolute Gasteiger partial charge is 0.349 e. The highest BCUT2D eigenvalue weighted by atomic mass is 16.2. The summed E-state index contributed by atoms with van der Waals surface area (Å²) in [5, 5.41) is 3.12. The summed E-state index contributed by atoms with van der Waals surface area (Å²) in [6, 6.07) is 0. The van der Waals surface area contributed by atoms with Gasteiger partial charge in [-0.3, -0.25) is 4.79 Å². The van der Waals surface area contributed by atoms with E-state index >= 15 is 0 Å². The Kier molecular flexibility index (Phi) is 1.88. The molecule has 0 aromatic rings. The average molecular weight is 182 g/mol. The summed E-state index contributed by atoms with van der Waals surface area (Å²) in [5.74, 6) is 0.0778. The monoisotopic (exact) mass is 182 g/mol. The maximum Gasteiger partial charge on any atom is 0.240 e. The van der Waals surface area contributed by atoms with E-state index < -0.39 is 5.54 Å². The lowest BCUT2D eigenvalue weighted by atomic mass is 9.74. The SMILES string of the molecule is CCC1(NC(=O)C2(N)CC2)CCC1. The van der Waals surface area contributed by atoms with Crippen LogP contribution in [0.2, 0.25) is 0 Å². The van der Waals surface area contributed by atoms with Crippen LogP contribution in [0.15, 0.2) is 0 Å². The fraction of sp³-hybridized carbons (Fsp3) is 0.900. The van der Waals surface area contributed by atoms with Crippen molar-refractivity contribution in [2.75, 3.05) is 0 Å². The molecule has 2 rings (SSSR count). The van der Waals surface area contributed by atoms with Crippen LogP contribution in [-0.2, 0) is 4.79 Å². The van der Waals surface area contributed by atoms with Crippen molar-refractivity contribution in [2.45, 2.75) is 56.5 Å². The lowest BCUT2D eigenvalue weighted by Gasteiger charge is -2.42. The predicted molar refractivity (Wildman–Crippen MR) is 51.2 cm³/mol. The Hall–Kier alpha value is -0.570. The summed E-state index contributed by atoms with van der Waals surface area (Å²) in [7, 11) is 0. The van der Waals surface area contributed by atoms with Crippen LogP contribution in [0.4, 0.5) is 0 Å². The van der Waals surface area contributed by atoms with Gasteiger partial charge in [-0.1, -0.05) is 6.92 Å². The standard InChI is InChI=1S/C10H18N2O/c1-2-9(4-3-5-9)12-8(13)10(11)6-7-10/h2-7,11H2,1H3,(H,12,13). The molecular formula is C10H18N2O. The highest BCUT2D eigenvalue weighted by Crippen LogP contribution is 2.38.